The number of amides is 1. The normalized spacial score (nSPS) is 11.9. The van der Waals surface area contributed by atoms with Crippen LogP contribution in [0.5, 0.6) is 0 Å². The van der Waals surface area contributed by atoms with Gasteiger partial charge in [0, 0.05) is 22.2 Å². The molecule has 0 saturated carbocycles. The number of halogens is 1. The van der Waals surface area contributed by atoms with Gasteiger partial charge in [-0.05, 0) is 29.8 Å². The lowest BCUT2D eigenvalue weighted by Crippen LogP contribution is -2.29. The number of benzene rings is 2. The number of hydrogen-bond acceptors (Lipinski definition) is 2. The van der Waals surface area contributed by atoms with E-state index in [2.05, 4.69) is 5.32 Å². The molecule has 0 aliphatic heterocycles. The van der Waals surface area contributed by atoms with E-state index in [1.807, 2.05) is 42.5 Å². The van der Waals surface area contributed by atoms with Gasteiger partial charge in [0.1, 0.15) is 0 Å². The third kappa shape index (κ3) is 5.33. The SMILES string of the molecule is O=C(Cc1cccc(Cl)c1)NCCS(=O)c1ccccc1. The second-order valence-corrected chi connectivity index (χ2v) is 6.53. The maximum atomic E-state index is 12.0. The summed E-state index contributed by atoms with van der Waals surface area (Å²) >= 11 is 5.87. The summed E-state index contributed by atoms with van der Waals surface area (Å²) in [4.78, 5) is 12.6. The minimum Gasteiger partial charge on any atom is -0.355 e. The molecular weight excluding hydrogens is 306 g/mol. The van der Waals surface area contributed by atoms with E-state index in [9.17, 15) is 9.00 Å². The molecule has 110 valence electrons. The Balaban J connectivity index is 1.76. The van der Waals surface area contributed by atoms with Crippen molar-refractivity contribution in [3.05, 3.63) is 65.2 Å². The van der Waals surface area contributed by atoms with Crippen molar-refractivity contribution in [2.24, 2.45) is 0 Å². The van der Waals surface area contributed by atoms with Crippen LogP contribution in [0.1, 0.15) is 5.56 Å². The fourth-order valence-corrected chi connectivity index (χ4v) is 3.06. The van der Waals surface area contributed by atoms with Crippen LogP contribution in [0.2, 0.25) is 5.02 Å². The lowest BCUT2D eigenvalue weighted by molar-refractivity contribution is -0.120. The summed E-state index contributed by atoms with van der Waals surface area (Å²) in [5, 5.41) is 3.39. The largest absolute Gasteiger partial charge is 0.355 e. The molecule has 1 amide bonds. The standard InChI is InChI=1S/C16H16ClNO2S/c17-14-6-4-5-13(11-14)12-16(19)18-9-10-21(20)15-7-2-1-3-8-15/h1-8,11H,9-10,12H2,(H,18,19). The highest BCUT2D eigenvalue weighted by atomic mass is 35.5. The molecule has 0 aromatic heterocycles. The van der Waals surface area contributed by atoms with Gasteiger partial charge in [0.05, 0.1) is 17.2 Å². The molecule has 0 radical (unpaired) electrons. The fraction of sp³-hybridized carbons (Fsp3) is 0.188. The summed E-state index contributed by atoms with van der Waals surface area (Å²) in [6, 6.07) is 16.4. The first-order valence-corrected chi connectivity index (χ1v) is 8.29. The van der Waals surface area contributed by atoms with E-state index in [-0.39, 0.29) is 12.3 Å². The Morgan fingerprint density at radius 2 is 1.86 bits per heavy atom. The average Bonchev–Trinajstić information content (AvgIpc) is 2.48. The summed E-state index contributed by atoms with van der Waals surface area (Å²) in [6.45, 7) is 0.390. The van der Waals surface area contributed by atoms with Crippen LogP contribution in [0.4, 0.5) is 0 Å². The van der Waals surface area contributed by atoms with Crippen molar-refractivity contribution in [1.29, 1.82) is 0 Å². The molecule has 2 rings (SSSR count). The van der Waals surface area contributed by atoms with Gasteiger partial charge < -0.3 is 5.32 Å². The lowest BCUT2D eigenvalue weighted by atomic mass is 10.1. The summed E-state index contributed by atoms with van der Waals surface area (Å²) in [5.41, 5.74) is 0.865. The molecule has 2 aromatic rings. The van der Waals surface area contributed by atoms with Crippen LogP contribution >= 0.6 is 11.6 Å². The zero-order valence-corrected chi connectivity index (χ0v) is 13.0. The molecule has 0 saturated heterocycles. The molecule has 0 spiro atoms. The topological polar surface area (TPSA) is 46.2 Å². The van der Waals surface area contributed by atoms with E-state index in [0.29, 0.717) is 17.3 Å². The zero-order chi connectivity index (χ0) is 15.1. The molecule has 1 N–H and O–H groups in total. The number of carbonyl (C=O) groups excluding carboxylic acids is 1. The quantitative estimate of drug-likeness (QED) is 0.889. The number of hydrogen-bond donors (Lipinski definition) is 1. The Bertz CT molecular complexity index is 631. The van der Waals surface area contributed by atoms with E-state index >= 15 is 0 Å². The van der Waals surface area contributed by atoms with Crippen molar-refractivity contribution in [1.82, 2.24) is 5.32 Å². The number of nitrogens with one attached hydrogen (secondary N) is 1. The van der Waals surface area contributed by atoms with E-state index in [0.717, 1.165) is 10.5 Å². The Morgan fingerprint density at radius 1 is 1.10 bits per heavy atom. The van der Waals surface area contributed by atoms with Gasteiger partial charge >= 0.3 is 0 Å². The lowest BCUT2D eigenvalue weighted by Gasteiger charge is -2.06. The molecule has 0 bridgehead atoms. The van der Waals surface area contributed by atoms with Crippen LogP contribution in [0, 0.1) is 0 Å². The third-order valence-corrected chi connectivity index (χ3v) is 4.48. The van der Waals surface area contributed by atoms with Gasteiger partial charge in [0.25, 0.3) is 0 Å². The minimum atomic E-state index is -1.09. The summed E-state index contributed by atoms with van der Waals surface area (Å²) in [5.74, 6) is 0.313. The molecule has 0 aliphatic rings. The van der Waals surface area contributed by atoms with Crippen LogP contribution in [0.3, 0.4) is 0 Å². The van der Waals surface area contributed by atoms with Crippen molar-refractivity contribution in [2.45, 2.75) is 11.3 Å². The highest BCUT2D eigenvalue weighted by Gasteiger charge is 2.06. The first kappa shape index (κ1) is 15.7. The molecule has 1 unspecified atom stereocenters. The number of rotatable bonds is 6. The first-order chi connectivity index (χ1) is 10.1. The fourth-order valence-electron chi connectivity index (χ4n) is 1.87. The Kier molecular flexibility index (Phi) is 5.96. The summed E-state index contributed by atoms with van der Waals surface area (Å²) in [6.07, 6.45) is 0.276. The second-order valence-electron chi connectivity index (χ2n) is 4.52. The molecule has 1 atom stereocenters. The molecule has 5 heteroatoms. The van der Waals surface area contributed by atoms with Crippen LogP contribution in [-0.4, -0.2) is 22.4 Å². The average molecular weight is 322 g/mol. The monoisotopic (exact) mass is 321 g/mol. The van der Waals surface area contributed by atoms with Gasteiger partial charge in [-0.2, -0.15) is 0 Å². The highest BCUT2D eigenvalue weighted by molar-refractivity contribution is 7.85. The van der Waals surface area contributed by atoms with E-state index < -0.39 is 10.8 Å². The van der Waals surface area contributed by atoms with Gasteiger partial charge in [0.15, 0.2) is 0 Å². The maximum Gasteiger partial charge on any atom is 0.224 e. The Morgan fingerprint density at radius 3 is 2.57 bits per heavy atom. The highest BCUT2D eigenvalue weighted by Crippen LogP contribution is 2.11. The van der Waals surface area contributed by atoms with Crippen molar-refractivity contribution in [3.63, 3.8) is 0 Å². The third-order valence-electron chi connectivity index (χ3n) is 2.87. The van der Waals surface area contributed by atoms with Gasteiger partial charge in [0.2, 0.25) is 5.91 Å². The van der Waals surface area contributed by atoms with E-state index in [1.165, 1.54) is 0 Å². The van der Waals surface area contributed by atoms with Crippen molar-refractivity contribution < 1.29 is 9.00 Å². The minimum absolute atomic E-state index is 0.0951. The van der Waals surface area contributed by atoms with Gasteiger partial charge in [-0.3, -0.25) is 9.00 Å². The Labute approximate surface area is 131 Å². The second kappa shape index (κ2) is 7.96. The van der Waals surface area contributed by atoms with Gasteiger partial charge in [-0.25, -0.2) is 0 Å². The smallest absolute Gasteiger partial charge is 0.224 e. The van der Waals surface area contributed by atoms with Crippen LogP contribution < -0.4 is 5.32 Å². The predicted molar refractivity (Wildman–Crippen MR) is 85.9 cm³/mol. The maximum absolute atomic E-state index is 12.0. The zero-order valence-electron chi connectivity index (χ0n) is 11.4. The van der Waals surface area contributed by atoms with Crippen LogP contribution in [-0.2, 0) is 22.0 Å². The predicted octanol–water partition coefficient (Wildman–Crippen LogP) is 2.81. The van der Waals surface area contributed by atoms with Crippen LogP contribution in [0.15, 0.2) is 59.5 Å². The molecular formula is C16H16ClNO2S. The van der Waals surface area contributed by atoms with Gasteiger partial charge in [-0.15, -0.1) is 0 Å². The summed E-state index contributed by atoms with van der Waals surface area (Å²) in [7, 11) is -1.09. The van der Waals surface area contributed by atoms with Crippen molar-refractivity contribution >= 4 is 28.3 Å². The van der Waals surface area contributed by atoms with Crippen molar-refractivity contribution in [3.8, 4) is 0 Å². The number of carbonyl (C=O) groups is 1. The molecule has 0 fully saturated rings. The summed E-state index contributed by atoms with van der Waals surface area (Å²) < 4.78 is 12.0. The van der Waals surface area contributed by atoms with E-state index in [1.54, 1.807) is 12.1 Å². The van der Waals surface area contributed by atoms with Crippen molar-refractivity contribution in [2.75, 3.05) is 12.3 Å². The molecule has 3 nitrogen and oxygen atoms in total. The van der Waals surface area contributed by atoms with Crippen LogP contribution in [0.25, 0.3) is 0 Å². The van der Waals surface area contributed by atoms with E-state index in [4.69, 9.17) is 11.6 Å². The molecule has 0 aliphatic carbocycles. The Hall–Kier alpha value is -1.65. The molecule has 2 aromatic carbocycles. The first-order valence-electron chi connectivity index (χ1n) is 6.60. The molecule has 21 heavy (non-hydrogen) atoms. The van der Waals surface area contributed by atoms with Gasteiger partial charge in [-0.1, -0.05) is 41.9 Å². The molecule has 0 heterocycles.